The Morgan fingerprint density at radius 1 is 0.980 bits per heavy atom. The second-order valence-electron chi connectivity index (χ2n) is 14.3. The zero-order chi connectivity index (χ0) is 35.8. The summed E-state index contributed by atoms with van der Waals surface area (Å²) >= 11 is 0. The van der Waals surface area contributed by atoms with E-state index in [1.165, 1.54) is 42.7 Å². The van der Waals surface area contributed by atoms with E-state index in [0.717, 1.165) is 12.3 Å². The molecule has 1 fully saturated rings. The first-order valence-electron chi connectivity index (χ1n) is 17.7. The molecule has 1 aliphatic rings. The zero-order valence-electron chi connectivity index (χ0n) is 29.8. The Morgan fingerprint density at radius 3 is 2.28 bits per heavy atom. The molecule has 50 heavy (non-hydrogen) atoms. The minimum Gasteiger partial charge on any atom is -0.391 e. The van der Waals surface area contributed by atoms with Gasteiger partial charge in [0.15, 0.2) is 5.82 Å². The highest BCUT2D eigenvalue weighted by Gasteiger charge is 2.25. The average molecular weight is 681 g/mol. The van der Waals surface area contributed by atoms with Gasteiger partial charge in [0, 0.05) is 17.5 Å². The quantitative estimate of drug-likeness (QED) is 0.162. The molecule has 8 nitrogen and oxygen atoms in total. The number of aliphatic hydroxyl groups is 1. The van der Waals surface area contributed by atoms with Crippen molar-refractivity contribution in [3.8, 4) is 22.5 Å². The lowest BCUT2D eigenvalue weighted by molar-refractivity contribution is 0.0463. The van der Waals surface area contributed by atoms with Crippen LogP contribution in [0.3, 0.4) is 0 Å². The van der Waals surface area contributed by atoms with Crippen LogP contribution in [0.25, 0.3) is 22.5 Å². The molecule has 2 N–H and O–H groups in total. The summed E-state index contributed by atoms with van der Waals surface area (Å²) in [5.41, 5.74) is 4.20. The lowest BCUT2D eigenvalue weighted by Gasteiger charge is -2.27. The van der Waals surface area contributed by atoms with E-state index in [-0.39, 0.29) is 24.3 Å². The summed E-state index contributed by atoms with van der Waals surface area (Å²) in [5, 5.41) is 14.4. The summed E-state index contributed by atoms with van der Waals surface area (Å²) in [6.07, 6.45) is 7.84. The zero-order valence-corrected chi connectivity index (χ0v) is 29.8. The smallest absolute Gasteiger partial charge is 0.391 e. The largest absolute Gasteiger partial charge is 0.439 e. The number of hydrogen-bond acceptors (Lipinski definition) is 6. The van der Waals surface area contributed by atoms with Crippen LogP contribution in [0.2, 0.25) is 0 Å². The molecule has 264 valence electrons. The molecular formula is C41H49FN4O4. The van der Waals surface area contributed by atoms with Crippen molar-refractivity contribution in [3.63, 3.8) is 0 Å². The van der Waals surface area contributed by atoms with E-state index in [1.807, 2.05) is 33.8 Å². The van der Waals surface area contributed by atoms with Crippen molar-refractivity contribution < 1.29 is 14.0 Å². The standard InChI is InChI=1S/C29H33FN4O4.C12H16/c1-6-9-24-22(27(36)34(17(2)31-24)16-25(35)29(3,4)5)14-19-13-12-18(15-23(19)30)20-10-7-8-11-21(20)26-32-28(37)38-33-26;1-3-7-11(8-4-1)12-9-5-2-6-10-12/h7-8,10-13,15,25,35H,6,9,14,16H2,1-5H3,(H,32,33,37);1,3-4,7-8,12H,2,5-6,9-10H2. The monoisotopic (exact) mass is 680 g/mol. The summed E-state index contributed by atoms with van der Waals surface area (Å²) < 4.78 is 21.6. The first-order valence-corrected chi connectivity index (χ1v) is 17.7. The maximum absolute atomic E-state index is 15.5. The Morgan fingerprint density at radius 2 is 1.66 bits per heavy atom. The van der Waals surface area contributed by atoms with Crippen molar-refractivity contribution in [1.82, 2.24) is 19.7 Å². The first kappa shape index (κ1) is 36.6. The fraction of sp³-hybridized carbons (Fsp3) is 0.415. The molecule has 0 saturated heterocycles. The molecule has 2 heterocycles. The summed E-state index contributed by atoms with van der Waals surface area (Å²) in [4.78, 5) is 32.3. The Labute approximate surface area is 293 Å². The SMILES string of the molecule is CCCc1nc(C)n(CC(O)C(C)(C)C)c(=O)c1Cc1ccc(-c2ccccc2-c2noc(=O)[nH]2)cc1F.c1ccc(C2CCCCC2)cc1. The Kier molecular flexibility index (Phi) is 12.0. The van der Waals surface area contributed by atoms with E-state index in [2.05, 4.69) is 50.0 Å². The highest BCUT2D eigenvalue weighted by molar-refractivity contribution is 5.80. The van der Waals surface area contributed by atoms with Crippen LogP contribution in [0.4, 0.5) is 4.39 Å². The molecule has 9 heteroatoms. The van der Waals surface area contributed by atoms with E-state index < -0.39 is 23.1 Å². The van der Waals surface area contributed by atoms with Gasteiger partial charge < -0.3 is 5.11 Å². The van der Waals surface area contributed by atoms with Crippen LogP contribution in [0.15, 0.2) is 86.9 Å². The van der Waals surface area contributed by atoms with E-state index in [0.29, 0.717) is 45.8 Å². The van der Waals surface area contributed by atoms with Crippen molar-refractivity contribution in [2.75, 3.05) is 0 Å². The van der Waals surface area contributed by atoms with Gasteiger partial charge in [0.2, 0.25) is 0 Å². The van der Waals surface area contributed by atoms with Crippen LogP contribution in [0.1, 0.15) is 100 Å². The van der Waals surface area contributed by atoms with Crippen LogP contribution in [0, 0.1) is 18.2 Å². The molecule has 0 amide bonds. The third kappa shape index (κ3) is 8.93. The van der Waals surface area contributed by atoms with Gasteiger partial charge in [-0.1, -0.05) is 125 Å². The molecular weight excluding hydrogens is 631 g/mol. The predicted molar refractivity (Wildman–Crippen MR) is 196 cm³/mol. The molecule has 2 aromatic heterocycles. The number of benzene rings is 3. The predicted octanol–water partition coefficient (Wildman–Crippen LogP) is 8.39. The van der Waals surface area contributed by atoms with Gasteiger partial charge in [0.05, 0.1) is 18.3 Å². The summed E-state index contributed by atoms with van der Waals surface area (Å²) in [7, 11) is 0. The van der Waals surface area contributed by atoms with Crippen molar-refractivity contribution in [2.24, 2.45) is 5.41 Å². The molecule has 1 aliphatic carbocycles. The van der Waals surface area contributed by atoms with Crippen LogP contribution in [-0.2, 0) is 19.4 Å². The van der Waals surface area contributed by atoms with Crippen LogP contribution in [0.5, 0.6) is 0 Å². The number of hydrogen-bond donors (Lipinski definition) is 2. The number of nitrogens with zero attached hydrogens (tertiary/aromatic N) is 3. The van der Waals surface area contributed by atoms with Crippen molar-refractivity contribution in [2.45, 2.75) is 105 Å². The summed E-state index contributed by atoms with van der Waals surface area (Å²) in [5.74, 6) is 0.507. The number of aryl methyl sites for hydroxylation is 2. The Hall–Kier alpha value is -4.63. The fourth-order valence-electron chi connectivity index (χ4n) is 6.54. The van der Waals surface area contributed by atoms with Gasteiger partial charge in [-0.05, 0) is 65.8 Å². The first-order chi connectivity index (χ1) is 24.0. The molecule has 1 atom stereocenters. The molecule has 6 rings (SSSR count). The highest BCUT2D eigenvalue weighted by atomic mass is 19.1. The van der Waals surface area contributed by atoms with Gasteiger partial charge in [-0.25, -0.2) is 14.2 Å². The van der Waals surface area contributed by atoms with Crippen LogP contribution < -0.4 is 11.3 Å². The minimum atomic E-state index is -0.749. The van der Waals surface area contributed by atoms with Crippen molar-refractivity contribution >= 4 is 0 Å². The van der Waals surface area contributed by atoms with Gasteiger partial charge in [-0.15, -0.1) is 0 Å². The van der Waals surface area contributed by atoms with Crippen molar-refractivity contribution in [3.05, 3.63) is 128 Å². The third-order valence-corrected chi connectivity index (χ3v) is 9.61. The van der Waals surface area contributed by atoms with E-state index in [1.54, 1.807) is 42.8 Å². The summed E-state index contributed by atoms with van der Waals surface area (Å²) in [6.45, 7) is 9.61. The van der Waals surface area contributed by atoms with E-state index in [4.69, 9.17) is 0 Å². The van der Waals surface area contributed by atoms with E-state index in [9.17, 15) is 14.7 Å². The van der Waals surface area contributed by atoms with Gasteiger partial charge in [0.1, 0.15) is 11.6 Å². The van der Waals surface area contributed by atoms with Crippen LogP contribution in [-0.4, -0.2) is 30.9 Å². The molecule has 0 aliphatic heterocycles. The number of aromatic amines is 1. The average Bonchev–Trinajstić information content (AvgIpc) is 3.55. The number of H-pyrrole nitrogens is 1. The topological polar surface area (TPSA) is 114 Å². The Bertz CT molecular complexity index is 1980. The Balaban J connectivity index is 0.000000338. The number of rotatable bonds is 9. The normalized spacial score (nSPS) is 14.2. The molecule has 1 unspecified atom stereocenters. The van der Waals surface area contributed by atoms with Gasteiger partial charge in [-0.3, -0.25) is 18.9 Å². The number of aromatic nitrogens is 4. The van der Waals surface area contributed by atoms with E-state index >= 15 is 4.39 Å². The lowest BCUT2D eigenvalue weighted by atomic mass is 9.84. The minimum absolute atomic E-state index is 0.0808. The second kappa shape index (κ2) is 16.4. The van der Waals surface area contributed by atoms with Crippen molar-refractivity contribution in [1.29, 1.82) is 0 Å². The number of aliphatic hydroxyl groups excluding tert-OH is 1. The third-order valence-electron chi connectivity index (χ3n) is 9.61. The number of halogens is 1. The molecule has 5 aromatic rings. The van der Waals surface area contributed by atoms with Gasteiger partial charge >= 0.3 is 5.76 Å². The van der Waals surface area contributed by atoms with Crippen LogP contribution >= 0.6 is 0 Å². The number of nitrogens with one attached hydrogen (secondary N) is 1. The summed E-state index contributed by atoms with van der Waals surface area (Å²) in [6, 6.07) is 23.0. The van der Waals surface area contributed by atoms with Gasteiger partial charge in [-0.2, -0.15) is 0 Å². The maximum Gasteiger partial charge on any atom is 0.439 e. The highest BCUT2D eigenvalue weighted by Crippen LogP contribution is 2.33. The lowest BCUT2D eigenvalue weighted by Crippen LogP contribution is -2.38. The molecule has 0 spiro atoms. The maximum atomic E-state index is 15.5. The fourth-order valence-corrected chi connectivity index (χ4v) is 6.54. The second-order valence-corrected chi connectivity index (χ2v) is 14.3. The van der Waals surface area contributed by atoms with Gasteiger partial charge in [0.25, 0.3) is 5.56 Å². The molecule has 0 bridgehead atoms. The molecule has 1 saturated carbocycles. The molecule has 0 radical (unpaired) electrons. The molecule has 3 aromatic carbocycles.